The van der Waals surface area contributed by atoms with Crippen molar-refractivity contribution in [3.63, 3.8) is 0 Å². The molecule has 0 aliphatic heterocycles. The molecule has 0 saturated carbocycles. The largest absolute Gasteiger partial charge is 0.283 e. The van der Waals surface area contributed by atoms with Crippen molar-refractivity contribution >= 4 is 43.0 Å². The summed E-state index contributed by atoms with van der Waals surface area (Å²) in [5.74, 6) is 0. The number of sulfonamides is 2. The molecule has 2 aromatic carbocycles. The van der Waals surface area contributed by atoms with Gasteiger partial charge in [0.15, 0.2) is 0 Å². The van der Waals surface area contributed by atoms with Gasteiger partial charge in [0, 0.05) is 5.02 Å². The van der Waals surface area contributed by atoms with Crippen molar-refractivity contribution in [2.24, 2.45) is 0 Å². The van der Waals surface area contributed by atoms with Crippen LogP contribution in [0.3, 0.4) is 0 Å². The van der Waals surface area contributed by atoms with E-state index < -0.39 is 20.0 Å². The van der Waals surface area contributed by atoms with Gasteiger partial charge in [0.2, 0.25) is 10.0 Å². The first-order valence-electron chi connectivity index (χ1n) is 7.69. The average molecular weight is 417 g/mol. The lowest BCUT2D eigenvalue weighted by atomic mass is 10.1. The fraction of sp³-hybridized carbons (Fsp3) is 0.294. The Bertz CT molecular complexity index is 1080. The van der Waals surface area contributed by atoms with E-state index in [1.54, 1.807) is 39.0 Å². The Kier molecular flexibility index (Phi) is 5.60. The fourth-order valence-electron chi connectivity index (χ4n) is 2.79. The molecule has 0 spiro atoms. The van der Waals surface area contributed by atoms with Crippen LogP contribution in [-0.4, -0.2) is 23.1 Å². The highest BCUT2D eigenvalue weighted by Crippen LogP contribution is 2.32. The highest BCUT2D eigenvalue weighted by Gasteiger charge is 2.24. The predicted octanol–water partition coefficient (Wildman–Crippen LogP) is 3.75. The molecular formula is C17H21ClN2O4S2. The Morgan fingerprint density at radius 1 is 0.846 bits per heavy atom. The molecular weight excluding hydrogens is 396 g/mol. The summed E-state index contributed by atoms with van der Waals surface area (Å²) in [5.41, 5.74) is 2.92. The molecule has 6 nitrogen and oxygen atoms in total. The van der Waals surface area contributed by atoms with Gasteiger partial charge in [0.05, 0.1) is 22.5 Å². The van der Waals surface area contributed by atoms with E-state index in [0.29, 0.717) is 27.4 Å². The number of rotatable bonds is 5. The fourth-order valence-corrected chi connectivity index (χ4v) is 5.18. The second-order valence-electron chi connectivity index (χ2n) is 6.28. The van der Waals surface area contributed by atoms with Crippen molar-refractivity contribution in [3.8, 4) is 0 Å². The predicted molar refractivity (Wildman–Crippen MR) is 106 cm³/mol. The molecule has 0 bridgehead atoms. The molecule has 0 aromatic heterocycles. The molecule has 0 amide bonds. The first-order valence-corrected chi connectivity index (χ1v) is 11.4. The van der Waals surface area contributed by atoms with Crippen molar-refractivity contribution in [1.29, 1.82) is 0 Å². The molecule has 0 atom stereocenters. The average Bonchev–Trinajstić information content (AvgIpc) is 2.45. The molecule has 0 saturated heterocycles. The van der Waals surface area contributed by atoms with Crippen molar-refractivity contribution in [3.05, 3.63) is 51.5 Å². The summed E-state index contributed by atoms with van der Waals surface area (Å²) in [5, 5.41) is 0.446. The topological polar surface area (TPSA) is 92.3 Å². The first kappa shape index (κ1) is 20.5. The number of benzene rings is 2. The molecule has 0 aliphatic rings. The van der Waals surface area contributed by atoms with Crippen molar-refractivity contribution in [2.45, 2.75) is 32.6 Å². The normalized spacial score (nSPS) is 12.1. The van der Waals surface area contributed by atoms with Gasteiger partial charge in [-0.05, 0) is 62.1 Å². The molecule has 0 radical (unpaired) electrons. The maximum absolute atomic E-state index is 12.9. The molecule has 2 aromatic rings. The second kappa shape index (κ2) is 7.09. The van der Waals surface area contributed by atoms with E-state index in [4.69, 9.17) is 11.6 Å². The minimum absolute atomic E-state index is 0.0333. The van der Waals surface area contributed by atoms with Crippen LogP contribution in [0.4, 0.5) is 11.4 Å². The molecule has 142 valence electrons. The maximum Gasteiger partial charge on any atom is 0.262 e. The van der Waals surface area contributed by atoms with E-state index in [1.807, 2.05) is 6.92 Å². The Morgan fingerprint density at radius 2 is 1.46 bits per heavy atom. The highest BCUT2D eigenvalue weighted by atomic mass is 35.5. The van der Waals surface area contributed by atoms with Crippen LogP contribution in [0.15, 0.2) is 29.2 Å². The molecule has 26 heavy (non-hydrogen) atoms. The molecule has 0 fully saturated rings. The smallest absolute Gasteiger partial charge is 0.262 e. The van der Waals surface area contributed by atoms with E-state index in [9.17, 15) is 16.8 Å². The Hall–Kier alpha value is -1.77. The summed E-state index contributed by atoms with van der Waals surface area (Å²) >= 11 is 6.06. The summed E-state index contributed by atoms with van der Waals surface area (Å²) in [7, 11) is -7.49. The standard InChI is InChI=1S/C17H21ClN2O4S2/c1-10-6-7-14(9-15(10)18)19-26(23,24)17-12(3)8-11(2)16(13(17)4)20-25(5,21)22/h6-9,19-20H,1-5H3. The molecule has 0 aliphatic carbocycles. The van der Waals surface area contributed by atoms with E-state index in [-0.39, 0.29) is 10.6 Å². The van der Waals surface area contributed by atoms with Crippen LogP contribution in [0.1, 0.15) is 22.3 Å². The summed E-state index contributed by atoms with van der Waals surface area (Å²) in [4.78, 5) is 0.0333. The maximum atomic E-state index is 12.9. The number of anilines is 2. The van der Waals surface area contributed by atoms with Crippen molar-refractivity contribution in [1.82, 2.24) is 0 Å². The quantitative estimate of drug-likeness (QED) is 0.776. The Balaban J connectivity index is 2.58. The van der Waals surface area contributed by atoms with Gasteiger partial charge in [-0.3, -0.25) is 9.44 Å². The molecule has 2 rings (SSSR count). The van der Waals surface area contributed by atoms with Crippen LogP contribution in [0.5, 0.6) is 0 Å². The number of aryl methyl sites for hydroxylation is 3. The minimum Gasteiger partial charge on any atom is -0.283 e. The van der Waals surface area contributed by atoms with Crippen LogP contribution in [0, 0.1) is 27.7 Å². The van der Waals surface area contributed by atoms with Crippen molar-refractivity contribution < 1.29 is 16.8 Å². The van der Waals surface area contributed by atoms with Gasteiger partial charge in [-0.15, -0.1) is 0 Å². The van der Waals surface area contributed by atoms with Gasteiger partial charge in [-0.2, -0.15) is 0 Å². The number of nitrogens with one attached hydrogen (secondary N) is 2. The lowest BCUT2D eigenvalue weighted by Crippen LogP contribution is -2.19. The minimum atomic E-state index is -3.94. The van der Waals surface area contributed by atoms with E-state index in [2.05, 4.69) is 9.44 Å². The third kappa shape index (κ3) is 4.49. The SMILES string of the molecule is Cc1ccc(NS(=O)(=O)c2c(C)cc(C)c(NS(C)(=O)=O)c2C)cc1Cl. The second-order valence-corrected chi connectivity index (χ2v) is 10.1. The van der Waals surface area contributed by atoms with Crippen LogP contribution in [-0.2, 0) is 20.0 Å². The lowest BCUT2D eigenvalue weighted by Gasteiger charge is -2.19. The monoisotopic (exact) mass is 416 g/mol. The Labute approximate surface area is 159 Å². The third-order valence-electron chi connectivity index (χ3n) is 3.88. The molecule has 2 N–H and O–H groups in total. The summed E-state index contributed by atoms with van der Waals surface area (Å²) in [6, 6.07) is 6.50. The van der Waals surface area contributed by atoms with Gasteiger partial charge in [0.25, 0.3) is 10.0 Å². The van der Waals surface area contributed by atoms with E-state index in [0.717, 1.165) is 11.8 Å². The Morgan fingerprint density at radius 3 is 2.00 bits per heavy atom. The van der Waals surface area contributed by atoms with Gasteiger partial charge in [-0.25, -0.2) is 16.8 Å². The summed E-state index contributed by atoms with van der Waals surface area (Å²) < 4.78 is 54.0. The van der Waals surface area contributed by atoms with Crippen LogP contribution < -0.4 is 9.44 Å². The summed E-state index contributed by atoms with van der Waals surface area (Å²) in [6.07, 6.45) is 1.02. The zero-order valence-electron chi connectivity index (χ0n) is 15.1. The third-order valence-corrected chi connectivity index (χ3v) is 6.53. The number of halogens is 1. The van der Waals surface area contributed by atoms with E-state index >= 15 is 0 Å². The first-order chi connectivity index (χ1) is 11.8. The van der Waals surface area contributed by atoms with Gasteiger partial charge in [0.1, 0.15) is 0 Å². The lowest BCUT2D eigenvalue weighted by molar-refractivity contribution is 0.599. The van der Waals surface area contributed by atoms with Crippen LogP contribution >= 0.6 is 11.6 Å². The van der Waals surface area contributed by atoms with Gasteiger partial charge in [-0.1, -0.05) is 23.7 Å². The van der Waals surface area contributed by atoms with Gasteiger partial charge >= 0.3 is 0 Å². The molecule has 0 unspecified atom stereocenters. The number of hydrogen-bond acceptors (Lipinski definition) is 4. The molecule has 0 heterocycles. The molecule has 9 heteroatoms. The van der Waals surface area contributed by atoms with Gasteiger partial charge < -0.3 is 0 Å². The van der Waals surface area contributed by atoms with Crippen molar-refractivity contribution in [2.75, 3.05) is 15.7 Å². The highest BCUT2D eigenvalue weighted by molar-refractivity contribution is 7.93. The summed E-state index contributed by atoms with van der Waals surface area (Å²) in [6.45, 7) is 6.78. The van der Waals surface area contributed by atoms with Crippen LogP contribution in [0.25, 0.3) is 0 Å². The number of hydrogen-bond donors (Lipinski definition) is 2. The van der Waals surface area contributed by atoms with E-state index in [1.165, 1.54) is 6.07 Å². The van der Waals surface area contributed by atoms with Crippen LogP contribution in [0.2, 0.25) is 5.02 Å². The zero-order valence-corrected chi connectivity index (χ0v) is 17.5. The zero-order chi connectivity index (χ0) is 19.9.